The van der Waals surface area contributed by atoms with Crippen LogP contribution in [-0.2, 0) is 6.61 Å². The summed E-state index contributed by atoms with van der Waals surface area (Å²) in [5.74, 6) is 0.894. The van der Waals surface area contributed by atoms with E-state index >= 15 is 0 Å². The lowest BCUT2D eigenvalue weighted by molar-refractivity contribution is 0.304. The van der Waals surface area contributed by atoms with Crippen molar-refractivity contribution < 1.29 is 4.74 Å². The van der Waals surface area contributed by atoms with Gasteiger partial charge < -0.3 is 4.74 Å². The summed E-state index contributed by atoms with van der Waals surface area (Å²) in [6.07, 6.45) is 0. The van der Waals surface area contributed by atoms with Crippen LogP contribution in [0, 0.1) is 13.8 Å². The number of aryl methyl sites for hydroxylation is 2. The molecule has 0 unspecified atom stereocenters. The third-order valence-electron chi connectivity index (χ3n) is 2.60. The Hall–Kier alpha value is -1.28. The van der Waals surface area contributed by atoms with Crippen LogP contribution in [0.2, 0.25) is 0 Å². The zero-order valence-corrected chi connectivity index (χ0v) is 11.6. The third-order valence-corrected chi connectivity index (χ3v) is 3.26. The van der Waals surface area contributed by atoms with Crippen molar-refractivity contribution in [1.82, 2.24) is 0 Å². The smallest absolute Gasteiger partial charge is 0.134 e. The van der Waals surface area contributed by atoms with Gasteiger partial charge in [-0.05, 0) is 53.0 Å². The SMILES string of the molecule is Cc1ccc(COc2cc(C)ccc2Br)cc1. The summed E-state index contributed by atoms with van der Waals surface area (Å²) in [5.41, 5.74) is 3.65. The number of benzene rings is 2. The minimum absolute atomic E-state index is 0.600. The summed E-state index contributed by atoms with van der Waals surface area (Å²) >= 11 is 3.49. The first-order valence-electron chi connectivity index (χ1n) is 5.59. The molecule has 0 aromatic heterocycles. The zero-order valence-electron chi connectivity index (χ0n) is 10.0. The summed E-state index contributed by atoms with van der Waals surface area (Å²) < 4.78 is 6.79. The molecule has 88 valence electrons. The fourth-order valence-electron chi connectivity index (χ4n) is 1.57. The molecule has 2 rings (SSSR count). The highest BCUT2D eigenvalue weighted by atomic mass is 79.9. The zero-order chi connectivity index (χ0) is 12.3. The van der Waals surface area contributed by atoms with E-state index in [-0.39, 0.29) is 0 Å². The lowest BCUT2D eigenvalue weighted by atomic mass is 10.2. The predicted octanol–water partition coefficient (Wildman–Crippen LogP) is 4.64. The van der Waals surface area contributed by atoms with E-state index in [1.165, 1.54) is 16.7 Å². The number of halogens is 1. The molecule has 0 N–H and O–H groups in total. The van der Waals surface area contributed by atoms with E-state index in [1.807, 2.05) is 12.1 Å². The fraction of sp³-hybridized carbons (Fsp3) is 0.200. The summed E-state index contributed by atoms with van der Waals surface area (Å²) in [7, 11) is 0. The van der Waals surface area contributed by atoms with E-state index in [4.69, 9.17) is 4.74 Å². The minimum atomic E-state index is 0.600. The summed E-state index contributed by atoms with van der Waals surface area (Å²) in [6.45, 7) is 4.75. The van der Waals surface area contributed by atoms with Gasteiger partial charge in [0, 0.05) is 0 Å². The van der Waals surface area contributed by atoms with Gasteiger partial charge in [0.05, 0.1) is 4.47 Å². The van der Waals surface area contributed by atoms with Gasteiger partial charge in [0.15, 0.2) is 0 Å². The Morgan fingerprint density at radius 1 is 0.941 bits per heavy atom. The first kappa shape index (κ1) is 12.2. The molecule has 0 amide bonds. The van der Waals surface area contributed by atoms with E-state index in [2.05, 4.69) is 60.1 Å². The molecule has 0 spiro atoms. The van der Waals surface area contributed by atoms with Crippen molar-refractivity contribution in [3.8, 4) is 5.75 Å². The van der Waals surface area contributed by atoms with Crippen molar-refractivity contribution in [3.63, 3.8) is 0 Å². The highest BCUT2D eigenvalue weighted by Gasteiger charge is 2.01. The van der Waals surface area contributed by atoms with Gasteiger partial charge in [-0.3, -0.25) is 0 Å². The van der Waals surface area contributed by atoms with Gasteiger partial charge in [0.1, 0.15) is 12.4 Å². The maximum absolute atomic E-state index is 5.80. The Morgan fingerprint density at radius 2 is 1.59 bits per heavy atom. The van der Waals surface area contributed by atoms with Gasteiger partial charge >= 0.3 is 0 Å². The third kappa shape index (κ3) is 3.34. The van der Waals surface area contributed by atoms with Crippen LogP contribution >= 0.6 is 15.9 Å². The number of rotatable bonds is 3. The second-order valence-corrected chi connectivity index (χ2v) is 5.06. The van der Waals surface area contributed by atoms with Gasteiger partial charge in [-0.15, -0.1) is 0 Å². The van der Waals surface area contributed by atoms with Crippen LogP contribution in [0.25, 0.3) is 0 Å². The predicted molar refractivity (Wildman–Crippen MR) is 74.4 cm³/mol. The van der Waals surface area contributed by atoms with Crippen molar-refractivity contribution in [1.29, 1.82) is 0 Å². The van der Waals surface area contributed by atoms with E-state index in [9.17, 15) is 0 Å². The Kier molecular flexibility index (Phi) is 3.85. The van der Waals surface area contributed by atoms with Gasteiger partial charge in [-0.1, -0.05) is 35.9 Å². The Balaban J connectivity index is 2.07. The maximum atomic E-state index is 5.80. The molecule has 0 saturated heterocycles. The summed E-state index contributed by atoms with van der Waals surface area (Å²) in [6, 6.07) is 14.5. The Bertz CT molecular complexity index is 503. The second kappa shape index (κ2) is 5.37. The van der Waals surface area contributed by atoms with Crippen molar-refractivity contribution >= 4 is 15.9 Å². The minimum Gasteiger partial charge on any atom is -0.488 e. The van der Waals surface area contributed by atoms with Crippen LogP contribution in [0.1, 0.15) is 16.7 Å². The highest BCUT2D eigenvalue weighted by Crippen LogP contribution is 2.26. The topological polar surface area (TPSA) is 9.23 Å². The molecule has 2 aromatic rings. The van der Waals surface area contributed by atoms with E-state index < -0.39 is 0 Å². The van der Waals surface area contributed by atoms with Crippen molar-refractivity contribution in [3.05, 3.63) is 63.6 Å². The number of hydrogen-bond donors (Lipinski definition) is 0. The van der Waals surface area contributed by atoms with Crippen molar-refractivity contribution in [2.45, 2.75) is 20.5 Å². The van der Waals surface area contributed by atoms with Gasteiger partial charge in [0.2, 0.25) is 0 Å². The standard InChI is InChI=1S/C15H15BrO/c1-11-3-6-13(7-4-11)10-17-15-9-12(2)5-8-14(15)16/h3-9H,10H2,1-2H3. The molecular formula is C15H15BrO. The molecule has 0 atom stereocenters. The van der Waals surface area contributed by atoms with E-state index in [0.29, 0.717) is 6.61 Å². The first-order valence-corrected chi connectivity index (χ1v) is 6.39. The Morgan fingerprint density at radius 3 is 2.29 bits per heavy atom. The molecule has 0 heterocycles. The monoisotopic (exact) mass is 290 g/mol. The largest absolute Gasteiger partial charge is 0.488 e. The number of hydrogen-bond acceptors (Lipinski definition) is 1. The highest BCUT2D eigenvalue weighted by molar-refractivity contribution is 9.10. The average molecular weight is 291 g/mol. The molecule has 0 aliphatic rings. The molecule has 0 fully saturated rings. The quantitative estimate of drug-likeness (QED) is 0.800. The number of ether oxygens (including phenoxy) is 1. The normalized spacial score (nSPS) is 10.3. The van der Waals surface area contributed by atoms with E-state index in [0.717, 1.165) is 10.2 Å². The fourth-order valence-corrected chi connectivity index (χ4v) is 1.93. The molecule has 1 nitrogen and oxygen atoms in total. The van der Waals surface area contributed by atoms with Crippen molar-refractivity contribution in [2.24, 2.45) is 0 Å². The molecule has 0 saturated carbocycles. The molecule has 0 radical (unpaired) electrons. The summed E-state index contributed by atoms with van der Waals surface area (Å²) in [5, 5.41) is 0. The molecule has 0 aliphatic heterocycles. The molecule has 17 heavy (non-hydrogen) atoms. The van der Waals surface area contributed by atoms with Crippen LogP contribution < -0.4 is 4.74 Å². The Labute approximate surface area is 111 Å². The first-order chi connectivity index (χ1) is 8.15. The lowest BCUT2D eigenvalue weighted by Crippen LogP contribution is -1.96. The molecule has 2 heteroatoms. The van der Waals surface area contributed by atoms with Crippen LogP contribution in [-0.4, -0.2) is 0 Å². The van der Waals surface area contributed by atoms with E-state index in [1.54, 1.807) is 0 Å². The summed E-state index contributed by atoms with van der Waals surface area (Å²) in [4.78, 5) is 0. The van der Waals surface area contributed by atoms with Crippen LogP contribution in [0.4, 0.5) is 0 Å². The van der Waals surface area contributed by atoms with Gasteiger partial charge in [0.25, 0.3) is 0 Å². The van der Waals surface area contributed by atoms with Gasteiger partial charge in [-0.2, -0.15) is 0 Å². The average Bonchev–Trinajstić information content (AvgIpc) is 2.32. The van der Waals surface area contributed by atoms with Gasteiger partial charge in [-0.25, -0.2) is 0 Å². The van der Waals surface area contributed by atoms with Crippen LogP contribution in [0.5, 0.6) is 5.75 Å². The molecule has 0 aliphatic carbocycles. The van der Waals surface area contributed by atoms with Crippen LogP contribution in [0.15, 0.2) is 46.9 Å². The van der Waals surface area contributed by atoms with Crippen LogP contribution in [0.3, 0.4) is 0 Å². The van der Waals surface area contributed by atoms with Crippen molar-refractivity contribution in [2.75, 3.05) is 0 Å². The molecule has 2 aromatic carbocycles. The molecular weight excluding hydrogens is 276 g/mol. The molecule has 0 bridgehead atoms. The maximum Gasteiger partial charge on any atom is 0.134 e. The second-order valence-electron chi connectivity index (χ2n) is 4.21. The lowest BCUT2D eigenvalue weighted by Gasteiger charge is -2.09.